The number of carbonyl (C=O) groups excluding carboxylic acids is 3. The van der Waals surface area contributed by atoms with Gasteiger partial charge in [-0.2, -0.15) is 0 Å². The molecule has 1 atom stereocenters. The zero-order chi connectivity index (χ0) is 30.8. The highest BCUT2D eigenvalue weighted by Crippen LogP contribution is 2.31. The lowest BCUT2D eigenvalue weighted by atomic mass is 10.1. The summed E-state index contributed by atoms with van der Waals surface area (Å²) in [5.74, 6) is 0.00675. The predicted octanol–water partition coefficient (Wildman–Crippen LogP) is 6.54. The van der Waals surface area contributed by atoms with Crippen LogP contribution in [0.3, 0.4) is 0 Å². The average Bonchev–Trinajstić information content (AvgIpc) is 3.02. The number of methoxy groups -OCH3 is 2. The summed E-state index contributed by atoms with van der Waals surface area (Å²) in [6.45, 7) is 3.77. The first-order chi connectivity index (χ1) is 20.7. The van der Waals surface area contributed by atoms with Crippen molar-refractivity contribution in [2.75, 3.05) is 24.9 Å². The molecule has 0 spiro atoms. The Kier molecular flexibility index (Phi) is 10.6. The van der Waals surface area contributed by atoms with Crippen LogP contribution in [0.15, 0.2) is 108 Å². The first-order valence-corrected chi connectivity index (χ1v) is 14.4. The average molecular weight is 596 g/mol. The number of carbonyl (C=O) groups is 3. The molecule has 0 bridgehead atoms. The van der Waals surface area contributed by atoms with Crippen LogP contribution in [-0.4, -0.2) is 37.2 Å². The molecule has 0 aliphatic rings. The standard InChI is InChI=1S/C34H33N3O5S/c1-22-13-15-24(16-14-22)19-30(37-33(39)25-9-6-5-7-10-25)34(40)35-26-11-8-12-28(20-26)43-23(2)32(38)36-29-21-27(41-3)17-18-31(29)42-4/h5-21,23H,1-4H3,(H,35,40)(H,36,38)(H,37,39)/b30-19-. The molecule has 0 aromatic heterocycles. The van der Waals surface area contributed by atoms with Crippen molar-refractivity contribution in [3.63, 3.8) is 0 Å². The molecule has 220 valence electrons. The molecule has 3 N–H and O–H groups in total. The van der Waals surface area contributed by atoms with Gasteiger partial charge in [0.2, 0.25) is 5.91 Å². The van der Waals surface area contributed by atoms with Crippen molar-refractivity contribution < 1.29 is 23.9 Å². The maximum atomic E-state index is 13.4. The van der Waals surface area contributed by atoms with Gasteiger partial charge in [-0.3, -0.25) is 14.4 Å². The summed E-state index contributed by atoms with van der Waals surface area (Å²) in [5, 5.41) is 8.05. The van der Waals surface area contributed by atoms with Crippen molar-refractivity contribution in [1.82, 2.24) is 5.32 Å². The van der Waals surface area contributed by atoms with Crippen LogP contribution < -0.4 is 25.4 Å². The van der Waals surface area contributed by atoms with E-state index >= 15 is 0 Å². The Bertz CT molecular complexity index is 1620. The molecule has 0 radical (unpaired) electrons. The normalized spacial score (nSPS) is 11.7. The largest absolute Gasteiger partial charge is 0.497 e. The monoisotopic (exact) mass is 595 g/mol. The van der Waals surface area contributed by atoms with Gasteiger partial charge in [0.25, 0.3) is 11.8 Å². The second-order valence-corrected chi connectivity index (χ2v) is 11.0. The van der Waals surface area contributed by atoms with Gasteiger partial charge >= 0.3 is 0 Å². The van der Waals surface area contributed by atoms with Crippen molar-refractivity contribution in [1.29, 1.82) is 0 Å². The lowest BCUT2D eigenvalue weighted by Crippen LogP contribution is -2.30. The van der Waals surface area contributed by atoms with Gasteiger partial charge in [0, 0.05) is 22.2 Å². The van der Waals surface area contributed by atoms with Crippen LogP contribution in [-0.2, 0) is 9.59 Å². The molecule has 4 aromatic rings. The van der Waals surface area contributed by atoms with E-state index in [2.05, 4.69) is 16.0 Å². The third-order valence-electron chi connectivity index (χ3n) is 6.36. The maximum absolute atomic E-state index is 13.4. The van der Waals surface area contributed by atoms with E-state index < -0.39 is 17.1 Å². The van der Waals surface area contributed by atoms with Gasteiger partial charge in [0.05, 0.1) is 25.2 Å². The fourth-order valence-corrected chi connectivity index (χ4v) is 4.95. The molecule has 0 heterocycles. The molecule has 0 aliphatic heterocycles. The van der Waals surface area contributed by atoms with E-state index in [0.717, 1.165) is 16.0 Å². The minimum atomic E-state index is -0.483. The van der Waals surface area contributed by atoms with E-state index in [4.69, 9.17) is 9.47 Å². The molecular formula is C34H33N3O5S. The van der Waals surface area contributed by atoms with Crippen LogP contribution in [0.2, 0.25) is 0 Å². The molecule has 8 nitrogen and oxygen atoms in total. The lowest BCUT2D eigenvalue weighted by molar-refractivity contribution is -0.115. The zero-order valence-corrected chi connectivity index (χ0v) is 25.2. The van der Waals surface area contributed by atoms with Gasteiger partial charge in [-0.25, -0.2) is 0 Å². The van der Waals surface area contributed by atoms with Crippen LogP contribution >= 0.6 is 11.8 Å². The van der Waals surface area contributed by atoms with Crippen LogP contribution in [0.5, 0.6) is 11.5 Å². The topological polar surface area (TPSA) is 106 Å². The molecular weight excluding hydrogens is 562 g/mol. The summed E-state index contributed by atoms with van der Waals surface area (Å²) in [7, 11) is 3.08. The van der Waals surface area contributed by atoms with Crippen molar-refractivity contribution in [2.24, 2.45) is 0 Å². The number of amides is 3. The Morgan fingerprint density at radius 1 is 0.814 bits per heavy atom. The van der Waals surface area contributed by atoms with Gasteiger partial charge in [0.1, 0.15) is 17.2 Å². The quantitative estimate of drug-likeness (QED) is 0.134. The molecule has 3 amide bonds. The fraction of sp³-hybridized carbons (Fsp3) is 0.147. The lowest BCUT2D eigenvalue weighted by Gasteiger charge is -2.16. The van der Waals surface area contributed by atoms with Crippen LogP contribution in [0.1, 0.15) is 28.4 Å². The van der Waals surface area contributed by atoms with E-state index in [-0.39, 0.29) is 11.6 Å². The molecule has 43 heavy (non-hydrogen) atoms. The minimum absolute atomic E-state index is 0.0933. The smallest absolute Gasteiger partial charge is 0.272 e. The van der Waals surface area contributed by atoms with Crippen molar-refractivity contribution in [3.05, 3.63) is 119 Å². The highest BCUT2D eigenvalue weighted by Gasteiger charge is 2.19. The summed E-state index contributed by atoms with van der Waals surface area (Å²) in [4.78, 5) is 40.1. The highest BCUT2D eigenvalue weighted by molar-refractivity contribution is 8.00. The number of hydrogen-bond donors (Lipinski definition) is 3. The summed E-state index contributed by atoms with van der Waals surface area (Å²) in [6, 6.07) is 28.7. The first kappa shape index (κ1) is 30.9. The predicted molar refractivity (Wildman–Crippen MR) is 172 cm³/mol. The fourth-order valence-electron chi connectivity index (χ4n) is 4.02. The maximum Gasteiger partial charge on any atom is 0.272 e. The van der Waals surface area contributed by atoms with Crippen LogP contribution in [0, 0.1) is 6.92 Å². The molecule has 9 heteroatoms. The number of aryl methyl sites for hydroxylation is 1. The summed E-state index contributed by atoms with van der Waals surface area (Å²) < 4.78 is 10.6. The number of anilines is 2. The molecule has 0 saturated carbocycles. The van der Waals surface area contributed by atoms with E-state index in [1.807, 2.05) is 43.3 Å². The second kappa shape index (κ2) is 14.7. The summed E-state index contributed by atoms with van der Waals surface area (Å²) in [6.07, 6.45) is 1.63. The second-order valence-electron chi connectivity index (χ2n) is 9.59. The van der Waals surface area contributed by atoms with Gasteiger partial charge in [-0.15, -0.1) is 11.8 Å². The molecule has 1 unspecified atom stereocenters. The molecule has 4 rings (SSSR count). The minimum Gasteiger partial charge on any atom is -0.497 e. The molecule has 0 fully saturated rings. The van der Waals surface area contributed by atoms with Gasteiger partial charge in [-0.1, -0.05) is 54.1 Å². The van der Waals surface area contributed by atoms with Crippen molar-refractivity contribution in [3.8, 4) is 11.5 Å². The Balaban J connectivity index is 1.48. The van der Waals surface area contributed by atoms with Crippen molar-refractivity contribution >= 4 is 46.9 Å². The zero-order valence-electron chi connectivity index (χ0n) is 24.3. The van der Waals surface area contributed by atoms with Gasteiger partial charge in [-0.05, 0) is 68.0 Å². The molecule has 0 saturated heterocycles. The van der Waals surface area contributed by atoms with Crippen LogP contribution in [0.4, 0.5) is 11.4 Å². The Morgan fingerprint density at radius 2 is 1.56 bits per heavy atom. The number of nitrogens with one attached hydrogen (secondary N) is 3. The third-order valence-corrected chi connectivity index (χ3v) is 7.45. The molecule has 4 aromatic carbocycles. The summed E-state index contributed by atoms with van der Waals surface area (Å²) >= 11 is 1.34. The van der Waals surface area contributed by atoms with Crippen LogP contribution in [0.25, 0.3) is 6.08 Å². The number of hydrogen-bond acceptors (Lipinski definition) is 6. The van der Waals surface area contributed by atoms with E-state index in [1.165, 1.54) is 18.9 Å². The van der Waals surface area contributed by atoms with E-state index in [1.54, 1.807) is 80.8 Å². The number of benzene rings is 4. The Morgan fingerprint density at radius 3 is 2.26 bits per heavy atom. The first-order valence-electron chi connectivity index (χ1n) is 13.5. The highest BCUT2D eigenvalue weighted by atomic mass is 32.2. The number of rotatable bonds is 11. The van der Waals surface area contributed by atoms with Gasteiger partial charge in [0.15, 0.2) is 0 Å². The summed E-state index contributed by atoms with van der Waals surface area (Å²) in [5.41, 5.74) is 3.39. The Labute approximate surface area is 255 Å². The van der Waals surface area contributed by atoms with E-state index in [9.17, 15) is 14.4 Å². The van der Waals surface area contributed by atoms with Crippen molar-refractivity contribution in [2.45, 2.75) is 24.0 Å². The Hall–Kier alpha value is -5.02. The molecule has 0 aliphatic carbocycles. The SMILES string of the molecule is COc1ccc(OC)c(NC(=O)C(C)Sc2cccc(NC(=O)/C(=C/c3ccc(C)cc3)NC(=O)c3ccccc3)c2)c1. The van der Waals surface area contributed by atoms with E-state index in [0.29, 0.717) is 28.4 Å². The number of ether oxygens (including phenoxy) is 2. The van der Waals surface area contributed by atoms with Gasteiger partial charge < -0.3 is 25.4 Å². The number of thioether (sulfide) groups is 1. The third kappa shape index (κ3) is 8.73.